The largest absolute Gasteiger partial charge is 0.508 e. The van der Waals surface area contributed by atoms with Crippen molar-refractivity contribution in [3.05, 3.63) is 48.0 Å². The van der Waals surface area contributed by atoms with Crippen molar-refractivity contribution in [1.29, 1.82) is 0 Å². The summed E-state index contributed by atoms with van der Waals surface area (Å²) in [5.74, 6) is 0.346. The van der Waals surface area contributed by atoms with Crippen molar-refractivity contribution < 1.29 is 5.11 Å². The van der Waals surface area contributed by atoms with Crippen LogP contribution in [0.4, 0.5) is 0 Å². The quantitative estimate of drug-likeness (QED) is 0.749. The molecule has 0 atom stereocenters. The average Bonchev–Trinajstić information content (AvgIpc) is 2.33. The molecule has 1 N–H and O–H groups in total. The molecule has 0 aliphatic rings. The topological polar surface area (TPSA) is 20.2 Å². The minimum absolute atomic E-state index is 0.346. The Hall–Kier alpha value is -1.41. The Balaban J connectivity index is 2.68. The van der Waals surface area contributed by atoms with Gasteiger partial charge in [0.1, 0.15) is 5.75 Å². The summed E-state index contributed by atoms with van der Waals surface area (Å²) in [6, 6.07) is 13.6. The van der Waals surface area contributed by atoms with Crippen LogP contribution in [0.15, 0.2) is 47.4 Å². The summed E-state index contributed by atoms with van der Waals surface area (Å²) in [5, 5.41) is 9.84. The van der Waals surface area contributed by atoms with Gasteiger partial charge < -0.3 is 5.11 Å². The molecule has 2 aromatic rings. The van der Waals surface area contributed by atoms with Crippen molar-refractivity contribution in [2.75, 3.05) is 0 Å². The standard InChI is InChI=1S/C14H14OS/c1-2-11-12(15)8-9-13(16)14(11)10-6-4-3-5-7-10/h3-9,15-16H,2H2,1H3. The van der Waals surface area contributed by atoms with Gasteiger partial charge in [0.15, 0.2) is 0 Å². The monoisotopic (exact) mass is 230 g/mol. The highest BCUT2D eigenvalue weighted by Crippen LogP contribution is 2.35. The molecule has 82 valence electrons. The molecule has 2 rings (SSSR count). The smallest absolute Gasteiger partial charge is 0.119 e. The molecule has 0 aliphatic heterocycles. The molecule has 0 saturated carbocycles. The Morgan fingerprint density at radius 2 is 1.75 bits per heavy atom. The maximum Gasteiger partial charge on any atom is 0.119 e. The van der Waals surface area contributed by atoms with Gasteiger partial charge in [-0.15, -0.1) is 12.6 Å². The summed E-state index contributed by atoms with van der Waals surface area (Å²) in [4.78, 5) is 0.904. The first-order chi connectivity index (χ1) is 7.74. The maximum atomic E-state index is 9.84. The van der Waals surface area contributed by atoms with Gasteiger partial charge in [0, 0.05) is 16.0 Å². The Morgan fingerprint density at radius 1 is 1.06 bits per heavy atom. The van der Waals surface area contributed by atoms with Crippen molar-refractivity contribution in [2.45, 2.75) is 18.2 Å². The van der Waals surface area contributed by atoms with Gasteiger partial charge in [-0.25, -0.2) is 0 Å². The average molecular weight is 230 g/mol. The maximum absolute atomic E-state index is 9.84. The van der Waals surface area contributed by atoms with E-state index in [1.807, 2.05) is 43.3 Å². The van der Waals surface area contributed by atoms with E-state index in [1.165, 1.54) is 0 Å². The predicted molar refractivity (Wildman–Crippen MR) is 70.2 cm³/mol. The lowest BCUT2D eigenvalue weighted by molar-refractivity contribution is 0.468. The number of aromatic hydroxyl groups is 1. The second kappa shape index (κ2) is 4.62. The van der Waals surface area contributed by atoms with Crippen LogP contribution in [-0.4, -0.2) is 5.11 Å². The van der Waals surface area contributed by atoms with Crippen molar-refractivity contribution in [3.63, 3.8) is 0 Å². The van der Waals surface area contributed by atoms with Crippen LogP contribution in [0.2, 0.25) is 0 Å². The van der Waals surface area contributed by atoms with E-state index in [4.69, 9.17) is 0 Å². The van der Waals surface area contributed by atoms with E-state index in [1.54, 1.807) is 6.07 Å². The van der Waals surface area contributed by atoms with Crippen LogP contribution in [0, 0.1) is 0 Å². The van der Waals surface area contributed by atoms with Crippen LogP contribution in [0.5, 0.6) is 5.75 Å². The molecule has 0 amide bonds. The van der Waals surface area contributed by atoms with Gasteiger partial charge >= 0.3 is 0 Å². The zero-order valence-corrected chi connectivity index (χ0v) is 10.0. The third kappa shape index (κ3) is 1.93. The van der Waals surface area contributed by atoms with E-state index in [0.29, 0.717) is 5.75 Å². The molecule has 0 radical (unpaired) electrons. The molecule has 16 heavy (non-hydrogen) atoms. The third-order valence-corrected chi connectivity index (χ3v) is 3.05. The predicted octanol–water partition coefficient (Wildman–Crippen LogP) is 3.91. The molecule has 0 unspecified atom stereocenters. The van der Waals surface area contributed by atoms with Gasteiger partial charge in [-0.05, 0) is 24.1 Å². The summed E-state index contributed by atoms with van der Waals surface area (Å²) >= 11 is 4.47. The van der Waals surface area contributed by atoms with E-state index in [2.05, 4.69) is 12.6 Å². The fourth-order valence-corrected chi connectivity index (χ4v) is 2.25. The van der Waals surface area contributed by atoms with Gasteiger partial charge in [-0.3, -0.25) is 0 Å². The molecule has 0 heterocycles. The molecular weight excluding hydrogens is 216 g/mol. The Morgan fingerprint density at radius 3 is 2.38 bits per heavy atom. The van der Waals surface area contributed by atoms with Crippen molar-refractivity contribution in [2.24, 2.45) is 0 Å². The molecule has 0 bridgehead atoms. The SMILES string of the molecule is CCc1c(O)ccc(S)c1-c1ccccc1. The van der Waals surface area contributed by atoms with Gasteiger partial charge in [-0.1, -0.05) is 37.3 Å². The van der Waals surface area contributed by atoms with Crippen LogP contribution < -0.4 is 0 Å². The molecule has 2 heteroatoms. The Labute approximate surface area is 101 Å². The number of benzene rings is 2. The molecule has 1 nitrogen and oxygen atoms in total. The second-order valence-electron chi connectivity index (χ2n) is 3.68. The highest BCUT2D eigenvalue weighted by molar-refractivity contribution is 7.80. The second-order valence-corrected chi connectivity index (χ2v) is 4.16. The van der Waals surface area contributed by atoms with Crippen LogP contribution in [0.1, 0.15) is 12.5 Å². The highest BCUT2D eigenvalue weighted by atomic mass is 32.1. The molecule has 2 aromatic carbocycles. The third-order valence-electron chi connectivity index (χ3n) is 2.68. The van der Waals surface area contributed by atoms with Crippen LogP contribution >= 0.6 is 12.6 Å². The number of hydrogen-bond acceptors (Lipinski definition) is 2. The number of hydrogen-bond donors (Lipinski definition) is 2. The molecule has 0 spiro atoms. The zero-order chi connectivity index (χ0) is 11.5. The molecular formula is C14H14OS. The summed E-state index contributed by atoms with van der Waals surface area (Å²) in [6.45, 7) is 2.04. The number of phenolic OH excluding ortho intramolecular Hbond substituents is 1. The molecule has 0 fully saturated rings. The fourth-order valence-electron chi connectivity index (χ4n) is 1.91. The summed E-state index contributed by atoms with van der Waals surface area (Å²) < 4.78 is 0. The minimum atomic E-state index is 0.346. The van der Waals surface area contributed by atoms with Crippen LogP contribution in [-0.2, 0) is 6.42 Å². The van der Waals surface area contributed by atoms with Gasteiger partial charge in [0.2, 0.25) is 0 Å². The van der Waals surface area contributed by atoms with Crippen molar-refractivity contribution in [1.82, 2.24) is 0 Å². The lowest BCUT2D eigenvalue weighted by Gasteiger charge is -2.12. The lowest BCUT2D eigenvalue weighted by Crippen LogP contribution is -1.90. The van der Waals surface area contributed by atoms with Crippen molar-refractivity contribution in [3.8, 4) is 16.9 Å². The highest BCUT2D eigenvalue weighted by Gasteiger charge is 2.11. The number of thiol groups is 1. The lowest BCUT2D eigenvalue weighted by atomic mass is 9.97. The summed E-state index contributed by atoms with van der Waals surface area (Å²) in [6.07, 6.45) is 0.796. The molecule has 0 aromatic heterocycles. The van der Waals surface area contributed by atoms with E-state index in [0.717, 1.165) is 28.0 Å². The van der Waals surface area contributed by atoms with Gasteiger partial charge in [0.05, 0.1) is 0 Å². The fraction of sp³-hybridized carbons (Fsp3) is 0.143. The molecule has 0 aliphatic carbocycles. The summed E-state index contributed by atoms with van der Waals surface area (Å²) in [7, 11) is 0. The molecule has 0 saturated heterocycles. The first-order valence-electron chi connectivity index (χ1n) is 5.33. The van der Waals surface area contributed by atoms with E-state index < -0.39 is 0 Å². The van der Waals surface area contributed by atoms with Crippen LogP contribution in [0.3, 0.4) is 0 Å². The van der Waals surface area contributed by atoms with Gasteiger partial charge in [-0.2, -0.15) is 0 Å². The van der Waals surface area contributed by atoms with Crippen LogP contribution in [0.25, 0.3) is 11.1 Å². The van der Waals surface area contributed by atoms with E-state index in [9.17, 15) is 5.11 Å². The normalized spacial score (nSPS) is 10.4. The first kappa shape index (κ1) is 11.1. The number of rotatable bonds is 2. The zero-order valence-electron chi connectivity index (χ0n) is 9.14. The van der Waals surface area contributed by atoms with E-state index in [-0.39, 0.29) is 0 Å². The Bertz CT molecular complexity index is 492. The van der Waals surface area contributed by atoms with Gasteiger partial charge in [0.25, 0.3) is 0 Å². The number of phenols is 1. The Kier molecular flexibility index (Phi) is 3.20. The first-order valence-corrected chi connectivity index (χ1v) is 5.78. The summed E-state index contributed by atoms with van der Waals surface area (Å²) in [5.41, 5.74) is 3.09. The van der Waals surface area contributed by atoms with E-state index >= 15 is 0 Å². The minimum Gasteiger partial charge on any atom is -0.508 e. The van der Waals surface area contributed by atoms with Crippen molar-refractivity contribution >= 4 is 12.6 Å².